The first-order chi connectivity index (χ1) is 10.4. The molecule has 2 rings (SSSR count). The van der Waals surface area contributed by atoms with E-state index in [4.69, 9.17) is 23.2 Å². The van der Waals surface area contributed by atoms with Crippen LogP contribution in [0.5, 0.6) is 0 Å². The Labute approximate surface area is 135 Å². The number of halogens is 1. The number of nitrogens with zero attached hydrogens (tertiary/aromatic N) is 3. The number of amides is 3. The second-order valence-electron chi connectivity index (χ2n) is 4.30. The molecule has 1 heterocycles. The van der Waals surface area contributed by atoms with Gasteiger partial charge in [-0.3, -0.25) is 10.1 Å². The molecule has 0 aliphatic rings. The highest BCUT2D eigenvalue weighted by Gasteiger charge is 2.20. The number of thioether (sulfide) groups is 1. The molecule has 10 heteroatoms. The lowest BCUT2D eigenvalue weighted by molar-refractivity contribution is -0.119. The first kappa shape index (κ1) is 16.1. The molecule has 2 aromatic rings. The molecule has 1 aromatic carbocycles. The molecule has 22 heavy (non-hydrogen) atoms. The van der Waals surface area contributed by atoms with Crippen LogP contribution in [-0.2, 0) is 4.79 Å². The van der Waals surface area contributed by atoms with Crippen molar-refractivity contribution in [1.29, 1.82) is 0 Å². The minimum Gasteiger partial charge on any atom is -0.351 e. The van der Waals surface area contributed by atoms with Crippen molar-refractivity contribution < 1.29 is 9.59 Å². The number of rotatable bonds is 4. The molecular formula is C12H13ClN6O2S. The van der Waals surface area contributed by atoms with Gasteiger partial charge in [0.25, 0.3) is 0 Å². The molecule has 0 saturated heterocycles. The number of imide groups is 1. The summed E-state index contributed by atoms with van der Waals surface area (Å²) in [6, 6.07) is 6.03. The van der Waals surface area contributed by atoms with Crippen LogP contribution < -0.4 is 16.9 Å². The zero-order valence-corrected chi connectivity index (χ0v) is 13.1. The van der Waals surface area contributed by atoms with Gasteiger partial charge in [-0.15, -0.1) is 10.2 Å². The fourth-order valence-electron chi connectivity index (χ4n) is 1.59. The van der Waals surface area contributed by atoms with Crippen molar-refractivity contribution in [1.82, 2.24) is 20.2 Å². The summed E-state index contributed by atoms with van der Waals surface area (Å²) in [4.78, 5) is 22.3. The van der Waals surface area contributed by atoms with E-state index in [9.17, 15) is 9.59 Å². The molecule has 3 amide bonds. The van der Waals surface area contributed by atoms with E-state index in [2.05, 4.69) is 10.2 Å². The van der Waals surface area contributed by atoms with Gasteiger partial charge in [0.05, 0.1) is 5.25 Å². The topological polar surface area (TPSA) is 129 Å². The van der Waals surface area contributed by atoms with E-state index in [1.54, 1.807) is 31.2 Å². The fraction of sp³-hybridized carbons (Fsp3) is 0.167. The first-order valence-corrected chi connectivity index (χ1v) is 7.37. The lowest BCUT2D eigenvalue weighted by atomic mass is 10.2. The summed E-state index contributed by atoms with van der Waals surface area (Å²) < 4.78 is 1.27. The van der Waals surface area contributed by atoms with Crippen molar-refractivity contribution in [3.05, 3.63) is 29.3 Å². The van der Waals surface area contributed by atoms with Gasteiger partial charge < -0.3 is 11.6 Å². The number of hydrogen-bond acceptors (Lipinski definition) is 6. The van der Waals surface area contributed by atoms with E-state index in [1.807, 2.05) is 5.32 Å². The summed E-state index contributed by atoms with van der Waals surface area (Å²) in [6.45, 7) is 1.60. The minimum atomic E-state index is -0.909. The Balaban J connectivity index is 2.16. The molecule has 5 N–H and O–H groups in total. The number of nitrogens with two attached hydrogens (primary N) is 2. The maximum absolute atomic E-state index is 11.6. The third-order valence-corrected chi connectivity index (χ3v) is 3.97. The highest BCUT2D eigenvalue weighted by Crippen LogP contribution is 2.25. The predicted molar refractivity (Wildman–Crippen MR) is 83.7 cm³/mol. The van der Waals surface area contributed by atoms with Crippen molar-refractivity contribution in [3.63, 3.8) is 0 Å². The van der Waals surface area contributed by atoms with Gasteiger partial charge >= 0.3 is 6.03 Å². The van der Waals surface area contributed by atoms with Crippen LogP contribution in [0.2, 0.25) is 5.02 Å². The van der Waals surface area contributed by atoms with Crippen molar-refractivity contribution in [2.45, 2.75) is 17.3 Å². The molecule has 0 aliphatic carbocycles. The number of carbonyl (C=O) groups excluding carboxylic acids is 2. The van der Waals surface area contributed by atoms with Crippen molar-refractivity contribution in [3.8, 4) is 11.4 Å². The zero-order valence-electron chi connectivity index (χ0n) is 11.5. The van der Waals surface area contributed by atoms with E-state index in [0.29, 0.717) is 16.0 Å². The number of nitrogens with one attached hydrogen (secondary N) is 1. The molecule has 0 saturated carbocycles. The standard InChI is InChI=1S/C12H13ClN6O2S/c1-6(10(20)16-11(14)21)22-12-18-17-9(19(12)15)7-2-4-8(13)5-3-7/h2-6H,15H2,1H3,(H3,14,16,20,21)/t6-/m0/s1. The van der Waals surface area contributed by atoms with E-state index >= 15 is 0 Å². The summed E-state index contributed by atoms with van der Waals surface area (Å²) in [6.07, 6.45) is 0. The molecule has 0 spiro atoms. The Morgan fingerprint density at radius 1 is 1.32 bits per heavy atom. The molecule has 116 valence electrons. The largest absolute Gasteiger partial charge is 0.351 e. The summed E-state index contributed by atoms with van der Waals surface area (Å²) in [5.74, 6) is 5.84. The first-order valence-electron chi connectivity index (χ1n) is 6.12. The molecule has 1 atom stereocenters. The van der Waals surface area contributed by atoms with Crippen LogP contribution >= 0.6 is 23.4 Å². The molecule has 1 aromatic heterocycles. The summed E-state index contributed by atoms with van der Waals surface area (Å²) in [5, 5.41) is 10.2. The molecule has 8 nitrogen and oxygen atoms in total. The maximum atomic E-state index is 11.6. The van der Waals surface area contributed by atoms with E-state index in [0.717, 1.165) is 17.3 Å². The Kier molecular flexibility index (Phi) is 4.88. The van der Waals surface area contributed by atoms with Gasteiger partial charge in [-0.1, -0.05) is 23.4 Å². The minimum absolute atomic E-state index is 0.331. The summed E-state index contributed by atoms with van der Waals surface area (Å²) in [7, 11) is 0. The van der Waals surface area contributed by atoms with Crippen LogP contribution in [0.1, 0.15) is 6.92 Å². The summed E-state index contributed by atoms with van der Waals surface area (Å²) >= 11 is 6.89. The Hall–Kier alpha value is -2.26. The van der Waals surface area contributed by atoms with E-state index in [1.165, 1.54) is 4.68 Å². The van der Waals surface area contributed by atoms with Gasteiger partial charge in [-0.25, -0.2) is 9.47 Å². The highest BCUT2D eigenvalue weighted by atomic mass is 35.5. The average Bonchev–Trinajstić information content (AvgIpc) is 2.80. The van der Waals surface area contributed by atoms with Crippen LogP contribution in [0.15, 0.2) is 29.4 Å². The van der Waals surface area contributed by atoms with Crippen molar-refractivity contribution in [2.24, 2.45) is 5.73 Å². The summed E-state index contributed by atoms with van der Waals surface area (Å²) in [5.41, 5.74) is 5.63. The lowest BCUT2D eigenvalue weighted by Gasteiger charge is -2.09. The molecule has 0 radical (unpaired) electrons. The molecule has 0 bridgehead atoms. The van der Waals surface area contributed by atoms with Crippen LogP contribution in [0, 0.1) is 0 Å². The molecular weight excluding hydrogens is 328 g/mol. The highest BCUT2D eigenvalue weighted by molar-refractivity contribution is 8.00. The van der Waals surface area contributed by atoms with Crippen LogP contribution in [-0.4, -0.2) is 32.1 Å². The van der Waals surface area contributed by atoms with Gasteiger partial charge in [-0.2, -0.15) is 0 Å². The third kappa shape index (κ3) is 3.68. The SMILES string of the molecule is C[C@H](Sc1nnc(-c2ccc(Cl)cc2)n1N)C(=O)NC(N)=O. The number of nitrogen functional groups attached to an aromatic ring is 1. The smallest absolute Gasteiger partial charge is 0.318 e. The van der Waals surface area contributed by atoms with Crippen LogP contribution in [0.4, 0.5) is 4.79 Å². The fourth-order valence-corrected chi connectivity index (χ4v) is 2.48. The predicted octanol–water partition coefficient (Wildman–Crippen LogP) is 0.988. The van der Waals surface area contributed by atoms with Crippen molar-refractivity contribution >= 4 is 35.3 Å². The number of aromatic nitrogens is 3. The van der Waals surface area contributed by atoms with Gasteiger partial charge in [-0.05, 0) is 31.2 Å². The Morgan fingerprint density at radius 2 is 1.95 bits per heavy atom. The Morgan fingerprint density at radius 3 is 2.55 bits per heavy atom. The van der Waals surface area contributed by atoms with Crippen molar-refractivity contribution in [2.75, 3.05) is 5.84 Å². The number of carbonyl (C=O) groups is 2. The number of primary amides is 1. The quantitative estimate of drug-likeness (QED) is 0.562. The van der Waals surface area contributed by atoms with Gasteiger partial charge in [0.2, 0.25) is 11.1 Å². The van der Waals surface area contributed by atoms with Crippen LogP contribution in [0.25, 0.3) is 11.4 Å². The average molecular weight is 341 g/mol. The Bertz CT molecular complexity index is 702. The van der Waals surface area contributed by atoms with Gasteiger partial charge in [0, 0.05) is 10.6 Å². The zero-order chi connectivity index (χ0) is 16.3. The molecule has 0 unspecified atom stereocenters. The maximum Gasteiger partial charge on any atom is 0.318 e. The number of hydrogen-bond donors (Lipinski definition) is 3. The monoisotopic (exact) mass is 340 g/mol. The van der Waals surface area contributed by atoms with Gasteiger partial charge in [0.1, 0.15) is 0 Å². The van der Waals surface area contributed by atoms with E-state index < -0.39 is 17.2 Å². The second kappa shape index (κ2) is 6.67. The number of urea groups is 1. The molecule has 0 aliphatic heterocycles. The van der Waals surface area contributed by atoms with Crippen LogP contribution in [0.3, 0.4) is 0 Å². The van der Waals surface area contributed by atoms with E-state index in [-0.39, 0.29) is 0 Å². The van der Waals surface area contributed by atoms with Gasteiger partial charge in [0.15, 0.2) is 5.82 Å². The lowest BCUT2D eigenvalue weighted by Crippen LogP contribution is -2.39. The number of benzene rings is 1. The third-order valence-electron chi connectivity index (χ3n) is 2.66. The second-order valence-corrected chi connectivity index (χ2v) is 6.04. The molecule has 0 fully saturated rings. The normalized spacial score (nSPS) is 11.9.